The molecule has 0 aromatic heterocycles. The second-order valence-electron chi connectivity index (χ2n) is 3.75. The SMILES string of the molecule is CCCNCC(O)C1CCCOC1. The topological polar surface area (TPSA) is 41.5 Å². The summed E-state index contributed by atoms with van der Waals surface area (Å²) in [5, 5.41) is 13.0. The van der Waals surface area contributed by atoms with Gasteiger partial charge in [-0.15, -0.1) is 0 Å². The van der Waals surface area contributed by atoms with Crippen molar-refractivity contribution >= 4 is 0 Å². The highest BCUT2D eigenvalue weighted by atomic mass is 16.5. The van der Waals surface area contributed by atoms with Crippen LogP contribution in [0, 0.1) is 5.92 Å². The Labute approximate surface area is 80.5 Å². The van der Waals surface area contributed by atoms with Gasteiger partial charge in [-0.25, -0.2) is 0 Å². The van der Waals surface area contributed by atoms with Crippen LogP contribution in [0.4, 0.5) is 0 Å². The minimum Gasteiger partial charge on any atom is -0.391 e. The Hall–Kier alpha value is -0.120. The number of aliphatic hydroxyl groups is 1. The highest BCUT2D eigenvalue weighted by molar-refractivity contribution is 4.73. The van der Waals surface area contributed by atoms with E-state index >= 15 is 0 Å². The maximum Gasteiger partial charge on any atom is 0.0714 e. The van der Waals surface area contributed by atoms with Gasteiger partial charge in [0, 0.05) is 19.1 Å². The van der Waals surface area contributed by atoms with Crippen LogP contribution < -0.4 is 5.32 Å². The second kappa shape index (κ2) is 6.35. The smallest absolute Gasteiger partial charge is 0.0714 e. The monoisotopic (exact) mass is 187 g/mol. The number of nitrogens with one attached hydrogen (secondary N) is 1. The fraction of sp³-hybridized carbons (Fsp3) is 1.00. The lowest BCUT2D eigenvalue weighted by atomic mass is 9.96. The number of rotatable bonds is 5. The van der Waals surface area contributed by atoms with Gasteiger partial charge in [0.15, 0.2) is 0 Å². The van der Waals surface area contributed by atoms with Gasteiger partial charge in [0.05, 0.1) is 12.7 Å². The van der Waals surface area contributed by atoms with Crippen LogP contribution in [0.15, 0.2) is 0 Å². The van der Waals surface area contributed by atoms with E-state index in [1.54, 1.807) is 0 Å². The molecule has 0 bridgehead atoms. The van der Waals surface area contributed by atoms with E-state index in [9.17, 15) is 5.11 Å². The number of aliphatic hydroxyl groups excluding tert-OH is 1. The molecule has 0 aromatic carbocycles. The fourth-order valence-corrected chi connectivity index (χ4v) is 1.66. The van der Waals surface area contributed by atoms with E-state index in [1.807, 2.05) is 0 Å². The molecule has 78 valence electrons. The summed E-state index contributed by atoms with van der Waals surface area (Å²) in [6.45, 7) is 5.43. The predicted octanol–water partition coefficient (Wildman–Crippen LogP) is 0.773. The minimum atomic E-state index is -0.230. The zero-order valence-electron chi connectivity index (χ0n) is 8.46. The third-order valence-electron chi connectivity index (χ3n) is 2.52. The molecule has 3 nitrogen and oxygen atoms in total. The van der Waals surface area contributed by atoms with E-state index < -0.39 is 0 Å². The van der Waals surface area contributed by atoms with Crippen LogP contribution in [0.1, 0.15) is 26.2 Å². The first-order valence-corrected chi connectivity index (χ1v) is 5.31. The minimum absolute atomic E-state index is 0.230. The van der Waals surface area contributed by atoms with Crippen molar-refractivity contribution in [3.63, 3.8) is 0 Å². The summed E-state index contributed by atoms with van der Waals surface area (Å²) in [6.07, 6.45) is 3.09. The summed E-state index contributed by atoms with van der Waals surface area (Å²) in [4.78, 5) is 0. The largest absolute Gasteiger partial charge is 0.391 e. The van der Waals surface area contributed by atoms with E-state index in [-0.39, 0.29) is 6.10 Å². The highest BCUT2D eigenvalue weighted by Crippen LogP contribution is 2.16. The fourth-order valence-electron chi connectivity index (χ4n) is 1.66. The van der Waals surface area contributed by atoms with Gasteiger partial charge in [0.25, 0.3) is 0 Å². The third kappa shape index (κ3) is 4.07. The normalized spacial score (nSPS) is 25.8. The van der Waals surface area contributed by atoms with Crippen molar-refractivity contribution in [3.8, 4) is 0 Å². The van der Waals surface area contributed by atoms with Crippen molar-refractivity contribution in [2.24, 2.45) is 5.92 Å². The van der Waals surface area contributed by atoms with Gasteiger partial charge in [0.1, 0.15) is 0 Å². The van der Waals surface area contributed by atoms with Crippen LogP contribution in [-0.4, -0.2) is 37.5 Å². The molecule has 2 atom stereocenters. The molecule has 1 heterocycles. The summed E-state index contributed by atoms with van der Waals surface area (Å²) >= 11 is 0. The average molecular weight is 187 g/mol. The van der Waals surface area contributed by atoms with Crippen molar-refractivity contribution in [2.45, 2.75) is 32.3 Å². The number of ether oxygens (including phenoxy) is 1. The lowest BCUT2D eigenvalue weighted by molar-refractivity contribution is -0.00813. The lowest BCUT2D eigenvalue weighted by Crippen LogP contribution is -2.37. The first kappa shape index (κ1) is 11.0. The van der Waals surface area contributed by atoms with Gasteiger partial charge in [0.2, 0.25) is 0 Å². The summed E-state index contributed by atoms with van der Waals surface area (Å²) < 4.78 is 5.32. The Kier molecular flexibility index (Phi) is 5.35. The Morgan fingerprint density at radius 1 is 1.62 bits per heavy atom. The van der Waals surface area contributed by atoms with Gasteiger partial charge in [-0.3, -0.25) is 0 Å². The van der Waals surface area contributed by atoms with Gasteiger partial charge < -0.3 is 15.2 Å². The first-order valence-electron chi connectivity index (χ1n) is 5.31. The van der Waals surface area contributed by atoms with Crippen molar-refractivity contribution in [2.75, 3.05) is 26.3 Å². The molecule has 0 saturated carbocycles. The Bertz CT molecular complexity index is 124. The molecule has 1 aliphatic heterocycles. The standard InChI is InChI=1S/C10H21NO2/c1-2-5-11-7-10(12)9-4-3-6-13-8-9/h9-12H,2-8H2,1H3. The van der Waals surface area contributed by atoms with E-state index in [0.29, 0.717) is 12.5 Å². The zero-order chi connectivity index (χ0) is 9.52. The molecule has 0 amide bonds. The molecule has 2 N–H and O–H groups in total. The zero-order valence-corrected chi connectivity index (χ0v) is 8.46. The quantitative estimate of drug-likeness (QED) is 0.625. The Morgan fingerprint density at radius 2 is 2.46 bits per heavy atom. The van der Waals surface area contributed by atoms with Crippen molar-refractivity contribution in [3.05, 3.63) is 0 Å². The molecule has 2 unspecified atom stereocenters. The molecular formula is C10H21NO2. The van der Waals surface area contributed by atoms with Crippen molar-refractivity contribution in [1.29, 1.82) is 0 Å². The van der Waals surface area contributed by atoms with E-state index in [2.05, 4.69) is 12.2 Å². The lowest BCUT2D eigenvalue weighted by Gasteiger charge is -2.26. The summed E-state index contributed by atoms with van der Waals surface area (Å²) in [6, 6.07) is 0. The van der Waals surface area contributed by atoms with Gasteiger partial charge in [-0.1, -0.05) is 6.92 Å². The molecular weight excluding hydrogens is 166 g/mol. The van der Waals surface area contributed by atoms with Crippen LogP contribution in [0.2, 0.25) is 0 Å². The average Bonchev–Trinajstić information content (AvgIpc) is 2.19. The van der Waals surface area contributed by atoms with Crippen LogP contribution in [0.5, 0.6) is 0 Å². The van der Waals surface area contributed by atoms with Crippen LogP contribution >= 0.6 is 0 Å². The molecule has 1 fully saturated rings. The maximum absolute atomic E-state index is 9.76. The molecule has 0 aromatic rings. The van der Waals surface area contributed by atoms with Gasteiger partial charge in [-0.2, -0.15) is 0 Å². The van der Waals surface area contributed by atoms with E-state index in [4.69, 9.17) is 4.74 Å². The van der Waals surface area contributed by atoms with Crippen molar-refractivity contribution in [1.82, 2.24) is 5.32 Å². The molecule has 0 radical (unpaired) electrons. The predicted molar refractivity (Wildman–Crippen MR) is 52.7 cm³/mol. The van der Waals surface area contributed by atoms with Crippen LogP contribution in [-0.2, 0) is 4.74 Å². The second-order valence-corrected chi connectivity index (χ2v) is 3.75. The molecule has 13 heavy (non-hydrogen) atoms. The molecule has 1 saturated heterocycles. The molecule has 1 aliphatic rings. The van der Waals surface area contributed by atoms with Crippen LogP contribution in [0.25, 0.3) is 0 Å². The van der Waals surface area contributed by atoms with Crippen LogP contribution in [0.3, 0.4) is 0 Å². The molecule has 0 spiro atoms. The Morgan fingerprint density at radius 3 is 3.08 bits per heavy atom. The Balaban J connectivity index is 2.09. The highest BCUT2D eigenvalue weighted by Gasteiger charge is 2.21. The van der Waals surface area contributed by atoms with E-state index in [1.165, 1.54) is 0 Å². The number of hydrogen-bond donors (Lipinski definition) is 2. The summed E-state index contributed by atoms with van der Waals surface area (Å²) in [5.74, 6) is 0.345. The maximum atomic E-state index is 9.76. The van der Waals surface area contributed by atoms with Gasteiger partial charge >= 0.3 is 0 Å². The van der Waals surface area contributed by atoms with E-state index in [0.717, 1.165) is 39.0 Å². The summed E-state index contributed by atoms with van der Waals surface area (Å²) in [5.41, 5.74) is 0. The summed E-state index contributed by atoms with van der Waals surface area (Å²) in [7, 11) is 0. The first-order chi connectivity index (χ1) is 6.34. The molecule has 3 heteroatoms. The third-order valence-corrected chi connectivity index (χ3v) is 2.52. The number of hydrogen-bond acceptors (Lipinski definition) is 3. The molecule has 0 aliphatic carbocycles. The van der Waals surface area contributed by atoms with Gasteiger partial charge in [-0.05, 0) is 25.8 Å². The van der Waals surface area contributed by atoms with Crippen molar-refractivity contribution < 1.29 is 9.84 Å². The molecule has 1 rings (SSSR count).